The number of methoxy groups -OCH3 is 1. The van der Waals surface area contributed by atoms with Crippen molar-refractivity contribution < 1.29 is 33.7 Å². The first-order valence-corrected chi connectivity index (χ1v) is 11.2. The van der Waals surface area contributed by atoms with Gasteiger partial charge in [0, 0.05) is 18.8 Å². The van der Waals surface area contributed by atoms with Gasteiger partial charge in [0.1, 0.15) is 17.4 Å². The molecular weight excluding hydrogens is 416 g/mol. The number of nitrogens with one attached hydrogen (secondary N) is 1. The molecule has 4 rings (SSSR count). The molecule has 2 unspecified atom stereocenters. The van der Waals surface area contributed by atoms with Crippen LogP contribution in [0.2, 0.25) is 0 Å². The highest BCUT2D eigenvalue weighted by molar-refractivity contribution is 6.03. The molecule has 0 aromatic heterocycles. The quantitative estimate of drug-likeness (QED) is 0.435. The summed E-state index contributed by atoms with van der Waals surface area (Å²) in [7, 11) is 1.56. The number of amides is 2. The van der Waals surface area contributed by atoms with Crippen molar-refractivity contribution in [2.24, 2.45) is 11.8 Å². The average molecular weight is 447 g/mol. The van der Waals surface area contributed by atoms with Gasteiger partial charge < -0.3 is 29.5 Å². The number of aliphatic hydroxyl groups is 1. The zero-order chi connectivity index (χ0) is 22.9. The minimum Gasteiger partial charge on any atom is -0.497 e. The van der Waals surface area contributed by atoms with Crippen LogP contribution in [0.1, 0.15) is 32.6 Å². The zero-order valence-corrected chi connectivity index (χ0v) is 18.4. The van der Waals surface area contributed by atoms with Crippen LogP contribution in [0.25, 0.3) is 0 Å². The number of esters is 1. The normalized spacial score (nSPS) is 30.3. The van der Waals surface area contributed by atoms with Gasteiger partial charge in [0.2, 0.25) is 11.8 Å². The fraction of sp³-hybridized carbons (Fsp3) is 0.609. The lowest BCUT2D eigenvalue weighted by Crippen LogP contribution is -2.53. The van der Waals surface area contributed by atoms with Crippen molar-refractivity contribution >= 4 is 23.5 Å². The minimum atomic E-state index is -1.05. The number of fused-ring (bicyclic) bond motifs is 1. The van der Waals surface area contributed by atoms with E-state index in [1.54, 1.807) is 38.3 Å². The number of benzene rings is 1. The lowest BCUT2D eigenvalue weighted by atomic mass is 9.71. The zero-order valence-electron chi connectivity index (χ0n) is 18.4. The Labute approximate surface area is 187 Å². The van der Waals surface area contributed by atoms with Gasteiger partial charge in [-0.05, 0) is 56.9 Å². The molecule has 2 amide bonds. The van der Waals surface area contributed by atoms with Gasteiger partial charge in [-0.3, -0.25) is 14.4 Å². The number of hydrogen-bond donors (Lipinski definition) is 2. The van der Waals surface area contributed by atoms with Crippen molar-refractivity contribution in [2.45, 2.75) is 50.4 Å². The highest BCUT2D eigenvalue weighted by Gasteiger charge is 2.74. The average Bonchev–Trinajstić information content (AvgIpc) is 3.42. The lowest BCUT2D eigenvalue weighted by Gasteiger charge is -2.33. The molecule has 3 saturated heterocycles. The molecular formula is C23H30N2O7. The minimum absolute atomic E-state index is 0.00331. The van der Waals surface area contributed by atoms with Crippen molar-refractivity contribution in [3.63, 3.8) is 0 Å². The summed E-state index contributed by atoms with van der Waals surface area (Å²) in [5.41, 5.74) is -0.470. The van der Waals surface area contributed by atoms with E-state index >= 15 is 0 Å². The van der Waals surface area contributed by atoms with Gasteiger partial charge in [-0.2, -0.15) is 0 Å². The van der Waals surface area contributed by atoms with E-state index in [9.17, 15) is 19.5 Å². The summed E-state index contributed by atoms with van der Waals surface area (Å²) >= 11 is 0. The maximum atomic E-state index is 13.5. The summed E-state index contributed by atoms with van der Waals surface area (Å²) in [5.74, 6) is -1.81. The SMILES string of the molecule is CCOC(=O)[C@@H]1[C@H]2C(=O)N(CCCCO)C(C(=O)Nc3ccc(OC)cc3)C23CC[C@H]1O3. The predicted molar refractivity (Wildman–Crippen MR) is 114 cm³/mol. The van der Waals surface area contributed by atoms with E-state index in [0.717, 1.165) is 0 Å². The van der Waals surface area contributed by atoms with E-state index in [1.165, 1.54) is 4.90 Å². The van der Waals surface area contributed by atoms with Gasteiger partial charge >= 0.3 is 5.97 Å². The van der Waals surface area contributed by atoms with Crippen LogP contribution in [0.3, 0.4) is 0 Å². The molecule has 1 aromatic carbocycles. The largest absolute Gasteiger partial charge is 0.497 e. The number of nitrogens with zero attached hydrogens (tertiary/aromatic N) is 1. The van der Waals surface area contributed by atoms with Crippen molar-refractivity contribution in [1.29, 1.82) is 0 Å². The molecule has 1 aromatic rings. The molecule has 2 bridgehead atoms. The molecule has 9 heteroatoms. The molecule has 9 nitrogen and oxygen atoms in total. The lowest BCUT2D eigenvalue weighted by molar-refractivity contribution is -0.154. The van der Waals surface area contributed by atoms with E-state index in [4.69, 9.17) is 14.2 Å². The maximum Gasteiger partial charge on any atom is 0.312 e. The van der Waals surface area contributed by atoms with Crippen LogP contribution in [0.4, 0.5) is 5.69 Å². The Morgan fingerprint density at radius 3 is 2.69 bits per heavy atom. The number of carbonyl (C=O) groups is 3. The maximum absolute atomic E-state index is 13.5. The Kier molecular flexibility index (Phi) is 6.39. The second-order valence-electron chi connectivity index (χ2n) is 8.49. The molecule has 5 atom stereocenters. The Balaban J connectivity index is 1.63. The van der Waals surface area contributed by atoms with Crippen LogP contribution in [0.5, 0.6) is 5.75 Å². The third-order valence-corrected chi connectivity index (χ3v) is 6.77. The molecule has 1 spiro atoms. The van der Waals surface area contributed by atoms with E-state index in [0.29, 0.717) is 43.7 Å². The number of carbonyl (C=O) groups excluding carboxylic acids is 3. The first-order chi connectivity index (χ1) is 15.5. The van der Waals surface area contributed by atoms with Gasteiger partial charge in [0.25, 0.3) is 0 Å². The van der Waals surface area contributed by atoms with Crippen LogP contribution < -0.4 is 10.1 Å². The molecule has 174 valence electrons. The van der Waals surface area contributed by atoms with Crippen molar-refractivity contribution in [1.82, 2.24) is 4.90 Å². The summed E-state index contributed by atoms with van der Waals surface area (Å²) in [6.45, 7) is 2.26. The van der Waals surface area contributed by atoms with Crippen LogP contribution in [-0.4, -0.2) is 72.4 Å². The van der Waals surface area contributed by atoms with Crippen molar-refractivity contribution in [2.75, 3.05) is 32.2 Å². The molecule has 3 aliphatic heterocycles. The topological polar surface area (TPSA) is 114 Å². The van der Waals surface area contributed by atoms with Crippen molar-refractivity contribution in [3.05, 3.63) is 24.3 Å². The number of anilines is 1. The molecule has 0 saturated carbocycles. The summed E-state index contributed by atoms with van der Waals surface area (Å²) in [6.07, 6.45) is 1.77. The first-order valence-electron chi connectivity index (χ1n) is 11.2. The Morgan fingerprint density at radius 2 is 2.03 bits per heavy atom. The van der Waals surface area contributed by atoms with E-state index in [1.807, 2.05) is 0 Å². The van der Waals surface area contributed by atoms with Gasteiger partial charge in [-0.1, -0.05) is 0 Å². The fourth-order valence-electron chi connectivity index (χ4n) is 5.48. The smallest absolute Gasteiger partial charge is 0.312 e. The number of ether oxygens (including phenoxy) is 3. The number of aliphatic hydroxyl groups excluding tert-OH is 1. The van der Waals surface area contributed by atoms with E-state index in [2.05, 4.69) is 5.32 Å². The highest BCUT2D eigenvalue weighted by Crippen LogP contribution is 2.58. The predicted octanol–water partition coefficient (Wildman–Crippen LogP) is 1.34. The summed E-state index contributed by atoms with van der Waals surface area (Å²) < 4.78 is 16.7. The second-order valence-corrected chi connectivity index (χ2v) is 8.49. The Bertz CT molecular complexity index is 874. The fourth-order valence-corrected chi connectivity index (χ4v) is 5.48. The number of likely N-dealkylation sites (tertiary alicyclic amines) is 1. The summed E-state index contributed by atoms with van der Waals surface area (Å²) in [6, 6.07) is 6.08. The van der Waals surface area contributed by atoms with Gasteiger partial charge in [-0.25, -0.2) is 0 Å². The number of unbranched alkanes of at least 4 members (excludes halogenated alkanes) is 1. The Morgan fingerprint density at radius 1 is 1.28 bits per heavy atom. The molecule has 32 heavy (non-hydrogen) atoms. The van der Waals surface area contributed by atoms with E-state index in [-0.39, 0.29) is 25.0 Å². The standard InChI is InChI=1S/C23H30N2O7/c1-3-31-22(29)17-16-10-11-23(32-16)18(17)21(28)25(12-4-5-13-26)19(23)20(27)24-14-6-8-15(30-2)9-7-14/h6-9,16-19,26H,3-5,10-13H2,1-2H3,(H,24,27)/t16-,17+,18+,19?,23?/m1/s1. The van der Waals surface area contributed by atoms with Crippen LogP contribution in [0.15, 0.2) is 24.3 Å². The number of rotatable bonds is 9. The molecule has 3 heterocycles. The monoisotopic (exact) mass is 446 g/mol. The number of hydrogen-bond acceptors (Lipinski definition) is 7. The first kappa shape index (κ1) is 22.5. The summed E-state index contributed by atoms with van der Waals surface area (Å²) in [5, 5.41) is 12.1. The third kappa shape index (κ3) is 3.63. The third-order valence-electron chi connectivity index (χ3n) is 6.77. The van der Waals surface area contributed by atoms with Crippen LogP contribution in [0, 0.1) is 11.8 Å². The van der Waals surface area contributed by atoms with Crippen molar-refractivity contribution in [3.8, 4) is 5.75 Å². The molecule has 0 radical (unpaired) electrons. The molecule has 2 N–H and O–H groups in total. The van der Waals surface area contributed by atoms with Crippen LogP contribution >= 0.6 is 0 Å². The molecule has 0 aliphatic carbocycles. The highest BCUT2D eigenvalue weighted by atomic mass is 16.6. The van der Waals surface area contributed by atoms with E-state index < -0.39 is 35.6 Å². The van der Waals surface area contributed by atoms with Crippen LogP contribution in [-0.2, 0) is 23.9 Å². The molecule has 3 fully saturated rings. The van der Waals surface area contributed by atoms with Gasteiger partial charge in [-0.15, -0.1) is 0 Å². The summed E-state index contributed by atoms with van der Waals surface area (Å²) in [4.78, 5) is 41.2. The van der Waals surface area contributed by atoms with Gasteiger partial charge in [0.15, 0.2) is 0 Å². The second kappa shape index (κ2) is 9.07. The Hall–Kier alpha value is -2.65. The van der Waals surface area contributed by atoms with Gasteiger partial charge in [0.05, 0.1) is 31.7 Å². The molecule has 3 aliphatic rings.